The van der Waals surface area contributed by atoms with E-state index < -0.39 is 42.2 Å². The predicted molar refractivity (Wildman–Crippen MR) is 91.9 cm³/mol. The maximum absolute atomic E-state index is 12.6. The average molecular weight is 381 g/mol. The molecule has 0 aromatic heterocycles. The van der Waals surface area contributed by atoms with E-state index in [9.17, 15) is 27.9 Å². The van der Waals surface area contributed by atoms with Gasteiger partial charge in [-0.25, -0.2) is 0 Å². The Bertz CT molecular complexity index is 799. The average Bonchev–Trinajstić information content (AvgIpc) is 2.64. The molecule has 0 heterocycles. The van der Waals surface area contributed by atoms with E-state index >= 15 is 0 Å². The topological polar surface area (TPSA) is 86.6 Å². The lowest BCUT2D eigenvalue weighted by atomic mass is 10.0. The number of amides is 1. The van der Waals surface area contributed by atoms with Crippen molar-refractivity contribution in [2.45, 2.75) is 25.2 Å². The molecule has 1 amide bonds. The van der Waals surface area contributed by atoms with E-state index in [1.807, 2.05) is 0 Å². The van der Waals surface area contributed by atoms with Crippen molar-refractivity contribution in [1.82, 2.24) is 5.32 Å². The smallest absolute Gasteiger partial charge is 0.391 e. The van der Waals surface area contributed by atoms with E-state index in [4.69, 9.17) is 5.11 Å². The lowest BCUT2D eigenvalue weighted by Crippen LogP contribution is -2.48. The third-order valence-corrected chi connectivity index (χ3v) is 3.96. The molecule has 0 aliphatic heterocycles. The number of hydrogen-bond donors (Lipinski definition) is 3. The summed E-state index contributed by atoms with van der Waals surface area (Å²) < 4.78 is 37.8. The van der Waals surface area contributed by atoms with Crippen LogP contribution in [0.4, 0.5) is 13.2 Å². The molecule has 5 nitrogen and oxygen atoms in total. The Kier molecular flexibility index (Phi) is 6.35. The van der Waals surface area contributed by atoms with Crippen LogP contribution in [-0.2, 0) is 11.0 Å². The van der Waals surface area contributed by atoms with Crippen LogP contribution in [0.2, 0.25) is 0 Å². The van der Waals surface area contributed by atoms with Gasteiger partial charge in [0.05, 0.1) is 11.7 Å². The molecule has 0 bridgehead atoms. The number of hydrogen-bond acceptors (Lipinski definition) is 4. The Hall–Kier alpha value is -2.71. The molecule has 0 saturated heterocycles. The summed E-state index contributed by atoms with van der Waals surface area (Å²) in [5.41, 5.74) is 0.605. The lowest BCUT2D eigenvalue weighted by Gasteiger charge is -2.19. The van der Waals surface area contributed by atoms with Crippen molar-refractivity contribution in [3.63, 3.8) is 0 Å². The number of carbonyl (C=O) groups is 2. The van der Waals surface area contributed by atoms with Gasteiger partial charge in [0.2, 0.25) is 0 Å². The second-order valence-corrected chi connectivity index (χ2v) is 5.97. The molecule has 0 aliphatic carbocycles. The summed E-state index contributed by atoms with van der Waals surface area (Å²) in [5.74, 6) is -1.35. The first-order valence-electron chi connectivity index (χ1n) is 8.03. The number of aliphatic hydroxyl groups is 2. The van der Waals surface area contributed by atoms with Gasteiger partial charge in [-0.2, -0.15) is 13.2 Å². The normalized spacial score (nSPS) is 13.7. The van der Waals surface area contributed by atoms with Crippen molar-refractivity contribution in [2.75, 3.05) is 6.61 Å². The van der Waals surface area contributed by atoms with Crippen LogP contribution >= 0.6 is 0 Å². The van der Waals surface area contributed by atoms with Gasteiger partial charge in [-0.05, 0) is 42.3 Å². The van der Waals surface area contributed by atoms with Crippen LogP contribution in [0, 0.1) is 0 Å². The quantitative estimate of drug-likeness (QED) is 0.717. The SMILES string of the molecule is C[C@@H](O)[C@H](NC(=O)c1ccc(-c2ccc(C(F)(F)F)cc2)cc1)C(=O)CO. The van der Waals surface area contributed by atoms with Crippen LogP contribution in [0.25, 0.3) is 11.1 Å². The fourth-order valence-electron chi connectivity index (χ4n) is 2.46. The molecule has 27 heavy (non-hydrogen) atoms. The van der Waals surface area contributed by atoms with Gasteiger partial charge in [0.15, 0.2) is 5.78 Å². The van der Waals surface area contributed by atoms with Crippen LogP contribution < -0.4 is 5.32 Å². The monoisotopic (exact) mass is 381 g/mol. The maximum Gasteiger partial charge on any atom is 0.416 e. The van der Waals surface area contributed by atoms with Gasteiger partial charge in [0.25, 0.3) is 5.91 Å². The van der Waals surface area contributed by atoms with E-state index in [0.717, 1.165) is 12.1 Å². The number of ketones is 1. The predicted octanol–water partition coefficient (Wildman–Crippen LogP) is 2.41. The second kappa shape index (κ2) is 8.32. The number of Topliss-reactive ketones (excluding diaryl/α,β-unsaturated/α-hetero) is 1. The van der Waals surface area contributed by atoms with E-state index in [0.29, 0.717) is 11.1 Å². The van der Waals surface area contributed by atoms with Crippen LogP contribution in [0.1, 0.15) is 22.8 Å². The number of halogens is 3. The van der Waals surface area contributed by atoms with Crippen molar-refractivity contribution < 1.29 is 33.0 Å². The first-order valence-corrected chi connectivity index (χ1v) is 8.03. The van der Waals surface area contributed by atoms with Crippen molar-refractivity contribution in [2.24, 2.45) is 0 Å². The highest BCUT2D eigenvalue weighted by atomic mass is 19.4. The Morgan fingerprint density at radius 1 is 1.00 bits per heavy atom. The van der Waals surface area contributed by atoms with E-state index in [-0.39, 0.29) is 5.56 Å². The van der Waals surface area contributed by atoms with E-state index in [1.54, 1.807) is 12.1 Å². The van der Waals surface area contributed by atoms with Gasteiger partial charge in [0.1, 0.15) is 12.6 Å². The highest BCUT2D eigenvalue weighted by Gasteiger charge is 2.30. The Morgan fingerprint density at radius 2 is 1.48 bits per heavy atom. The Morgan fingerprint density at radius 3 is 1.89 bits per heavy atom. The van der Waals surface area contributed by atoms with Crippen molar-refractivity contribution >= 4 is 11.7 Å². The molecule has 0 radical (unpaired) electrons. The van der Waals surface area contributed by atoms with Gasteiger partial charge in [0, 0.05) is 5.56 Å². The molecule has 0 fully saturated rings. The Labute approximate surface area is 153 Å². The first kappa shape index (κ1) is 20.6. The fourth-order valence-corrected chi connectivity index (χ4v) is 2.46. The van der Waals surface area contributed by atoms with Crippen LogP contribution in [0.15, 0.2) is 48.5 Å². The number of rotatable bonds is 6. The molecule has 2 aromatic carbocycles. The number of carbonyl (C=O) groups excluding carboxylic acids is 2. The molecule has 2 atom stereocenters. The second-order valence-electron chi connectivity index (χ2n) is 5.97. The Balaban J connectivity index is 2.14. The molecular weight excluding hydrogens is 363 g/mol. The molecule has 2 aromatic rings. The first-order chi connectivity index (χ1) is 12.6. The van der Waals surface area contributed by atoms with E-state index in [1.165, 1.54) is 31.2 Å². The molecule has 0 spiro atoms. The van der Waals surface area contributed by atoms with Crippen LogP contribution in [0.5, 0.6) is 0 Å². The van der Waals surface area contributed by atoms with Gasteiger partial charge >= 0.3 is 6.18 Å². The summed E-state index contributed by atoms with van der Waals surface area (Å²) in [5, 5.41) is 20.8. The van der Waals surface area contributed by atoms with Crippen LogP contribution in [0.3, 0.4) is 0 Å². The fraction of sp³-hybridized carbons (Fsp3) is 0.263. The number of benzene rings is 2. The third-order valence-electron chi connectivity index (χ3n) is 3.96. The summed E-state index contributed by atoms with van der Waals surface area (Å²) >= 11 is 0. The van der Waals surface area contributed by atoms with Crippen molar-refractivity contribution in [3.05, 3.63) is 59.7 Å². The molecule has 2 rings (SSSR count). The maximum atomic E-state index is 12.6. The summed E-state index contributed by atoms with van der Waals surface area (Å²) in [6.45, 7) is 0.495. The standard InChI is InChI=1S/C19H18F3NO4/c1-11(25)17(16(26)10-24)23-18(27)14-4-2-12(3-5-14)13-6-8-15(9-7-13)19(20,21)22/h2-9,11,17,24-25H,10H2,1H3,(H,23,27)/t11-,17+/m1/s1. The summed E-state index contributed by atoms with van der Waals surface area (Å²) in [6.07, 6.45) is -5.59. The minimum Gasteiger partial charge on any atom is -0.391 e. The molecule has 3 N–H and O–H groups in total. The van der Waals surface area contributed by atoms with Gasteiger partial charge in [-0.3, -0.25) is 9.59 Å². The van der Waals surface area contributed by atoms with Gasteiger partial charge in [-0.15, -0.1) is 0 Å². The number of aliphatic hydroxyl groups excluding tert-OH is 2. The molecule has 144 valence electrons. The highest BCUT2D eigenvalue weighted by molar-refractivity contribution is 5.98. The zero-order chi connectivity index (χ0) is 20.2. The molecule has 0 saturated carbocycles. The van der Waals surface area contributed by atoms with E-state index in [2.05, 4.69) is 5.32 Å². The lowest BCUT2D eigenvalue weighted by molar-refractivity contribution is -0.137. The van der Waals surface area contributed by atoms with Crippen molar-refractivity contribution in [1.29, 1.82) is 0 Å². The summed E-state index contributed by atoms with van der Waals surface area (Å²) in [4.78, 5) is 23.8. The summed E-state index contributed by atoms with van der Waals surface area (Å²) in [6, 6.07) is 9.40. The summed E-state index contributed by atoms with van der Waals surface area (Å²) in [7, 11) is 0. The third kappa shape index (κ3) is 5.15. The molecule has 8 heteroatoms. The highest BCUT2D eigenvalue weighted by Crippen LogP contribution is 2.31. The largest absolute Gasteiger partial charge is 0.416 e. The number of nitrogens with one attached hydrogen (secondary N) is 1. The molecule has 0 aliphatic rings. The van der Waals surface area contributed by atoms with Gasteiger partial charge < -0.3 is 15.5 Å². The number of alkyl halides is 3. The van der Waals surface area contributed by atoms with Crippen molar-refractivity contribution in [3.8, 4) is 11.1 Å². The van der Waals surface area contributed by atoms with Crippen LogP contribution in [-0.4, -0.2) is 40.7 Å². The minimum atomic E-state index is -4.41. The molecule has 0 unspecified atom stereocenters. The zero-order valence-electron chi connectivity index (χ0n) is 14.3. The van der Waals surface area contributed by atoms with Gasteiger partial charge in [-0.1, -0.05) is 24.3 Å². The zero-order valence-corrected chi connectivity index (χ0v) is 14.3. The minimum absolute atomic E-state index is 0.196. The molecular formula is C19H18F3NO4.